The molecule has 2 aromatic carbocycles. The van der Waals surface area contributed by atoms with Crippen LogP contribution < -0.4 is 20.9 Å². The van der Waals surface area contributed by atoms with Gasteiger partial charge in [0.2, 0.25) is 0 Å². The van der Waals surface area contributed by atoms with E-state index in [1.165, 1.54) is 11.3 Å². The highest BCUT2D eigenvalue weighted by Crippen LogP contribution is 2.29. The Labute approximate surface area is 159 Å². The molecule has 0 saturated carbocycles. The summed E-state index contributed by atoms with van der Waals surface area (Å²) in [5, 5.41) is 3.30. The van der Waals surface area contributed by atoms with Gasteiger partial charge in [0.1, 0.15) is 12.0 Å². The molecule has 0 aliphatic carbocycles. The van der Waals surface area contributed by atoms with Crippen molar-refractivity contribution in [2.75, 3.05) is 47.0 Å². The molecule has 1 saturated heterocycles. The standard InChI is InChI=1S/C21H24N6/c1-16-7-9-17(10-8-16)25-20-19(22)21(24-15-23-20)27-13-11-26(12-14-27)18-5-3-2-4-6-18/h2-10,15H,11-14,22H2,1H3,(H,23,24,25). The van der Waals surface area contributed by atoms with Gasteiger partial charge in [0, 0.05) is 37.6 Å². The normalized spacial score (nSPS) is 14.3. The Morgan fingerprint density at radius 1 is 0.852 bits per heavy atom. The number of anilines is 5. The lowest BCUT2D eigenvalue weighted by Crippen LogP contribution is -2.47. The lowest BCUT2D eigenvalue weighted by atomic mass is 10.2. The molecule has 0 radical (unpaired) electrons. The van der Waals surface area contributed by atoms with Gasteiger partial charge >= 0.3 is 0 Å². The number of benzene rings is 2. The number of rotatable bonds is 4. The van der Waals surface area contributed by atoms with Crippen molar-refractivity contribution in [2.24, 2.45) is 0 Å². The molecule has 3 N–H and O–H groups in total. The molecule has 1 aromatic heterocycles. The lowest BCUT2D eigenvalue weighted by molar-refractivity contribution is 0.647. The fourth-order valence-electron chi connectivity index (χ4n) is 3.33. The minimum atomic E-state index is 0.589. The van der Waals surface area contributed by atoms with E-state index in [9.17, 15) is 0 Å². The van der Waals surface area contributed by atoms with E-state index in [1.807, 2.05) is 18.2 Å². The molecule has 6 heteroatoms. The maximum absolute atomic E-state index is 6.39. The highest BCUT2D eigenvalue weighted by atomic mass is 15.3. The molecule has 0 atom stereocenters. The number of hydrogen-bond donors (Lipinski definition) is 2. The average Bonchev–Trinajstić information content (AvgIpc) is 2.72. The van der Waals surface area contributed by atoms with Gasteiger partial charge in [0.25, 0.3) is 0 Å². The molecule has 1 aliphatic heterocycles. The van der Waals surface area contributed by atoms with Crippen LogP contribution in [-0.2, 0) is 0 Å². The number of nitrogens with zero attached hydrogens (tertiary/aromatic N) is 4. The van der Waals surface area contributed by atoms with Crippen molar-refractivity contribution in [1.82, 2.24) is 9.97 Å². The zero-order chi connectivity index (χ0) is 18.6. The highest BCUT2D eigenvalue weighted by molar-refractivity contribution is 5.78. The van der Waals surface area contributed by atoms with Crippen LogP contribution in [-0.4, -0.2) is 36.1 Å². The molecule has 0 bridgehead atoms. The van der Waals surface area contributed by atoms with Crippen LogP contribution in [0.3, 0.4) is 0 Å². The number of para-hydroxylation sites is 1. The van der Waals surface area contributed by atoms with Gasteiger partial charge in [-0.2, -0.15) is 0 Å². The van der Waals surface area contributed by atoms with E-state index in [-0.39, 0.29) is 0 Å². The van der Waals surface area contributed by atoms with Crippen molar-refractivity contribution in [3.8, 4) is 0 Å². The third-order valence-corrected chi connectivity index (χ3v) is 4.88. The molecule has 1 aliphatic rings. The quantitative estimate of drug-likeness (QED) is 0.743. The Hall–Kier alpha value is -3.28. The van der Waals surface area contributed by atoms with Crippen molar-refractivity contribution in [3.05, 3.63) is 66.5 Å². The van der Waals surface area contributed by atoms with Gasteiger partial charge in [-0.15, -0.1) is 0 Å². The Kier molecular flexibility index (Phi) is 4.78. The Morgan fingerprint density at radius 3 is 2.22 bits per heavy atom. The topological polar surface area (TPSA) is 70.3 Å². The second-order valence-electron chi connectivity index (χ2n) is 6.76. The van der Waals surface area contributed by atoms with Crippen LogP contribution in [0.2, 0.25) is 0 Å². The van der Waals surface area contributed by atoms with E-state index in [0.717, 1.165) is 37.7 Å². The second-order valence-corrected chi connectivity index (χ2v) is 6.76. The van der Waals surface area contributed by atoms with Crippen LogP contribution >= 0.6 is 0 Å². The minimum absolute atomic E-state index is 0.589. The predicted octanol–water partition coefficient (Wildman–Crippen LogP) is 3.44. The molecule has 0 spiro atoms. The molecule has 4 rings (SSSR count). The van der Waals surface area contributed by atoms with E-state index in [1.54, 1.807) is 6.33 Å². The summed E-state index contributed by atoms with van der Waals surface area (Å²) >= 11 is 0. The molecule has 3 aromatic rings. The van der Waals surface area contributed by atoms with E-state index in [4.69, 9.17) is 5.73 Å². The minimum Gasteiger partial charge on any atom is -0.393 e. The smallest absolute Gasteiger partial charge is 0.159 e. The zero-order valence-corrected chi connectivity index (χ0v) is 15.5. The van der Waals surface area contributed by atoms with E-state index in [0.29, 0.717) is 11.5 Å². The average molecular weight is 360 g/mol. The van der Waals surface area contributed by atoms with Crippen LogP contribution in [0.15, 0.2) is 60.9 Å². The van der Waals surface area contributed by atoms with Gasteiger partial charge in [-0.1, -0.05) is 35.9 Å². The number of piperazine rings is 1. The van der Waals surface area contributed by atoms with Gasteiger partial charge in [-0.25, -0.2) is 9.97 Å². The number of nitrogens with one attached hydrogen (secondary N) is 1. The first-order chi connectivity index (χ1) is 13.2. The van der Waals surface area contributed by atoms with Crippen molar-refractivity contribution >= 4 is 28.7 Å². The number of aryl methyl sites for hydroxylation is 1. The molecule has 2 heterocycles. The van der Waals surface area contributed by atoms with Crippen LogP contribution in [0.5, 0.6) is 0 Å². The molecule has 27 heavy (non-hydrogen) atoms. The predicted molar refractivity (Wildman–Crippen MR) is 112 cm³/mol. The molecule has 6 nitrogen and oxygen atoms in total. The number of hydrogen-bond acceptors (Lipinski definition) is 6. The van der Waals surface area contributed by atoms with Gasteiger partial charge in [0.05, 0.1) is 0 Å². The monoisotopic (exact) mass is 360 g/mol. The largest absolute Gasteiger partial charge is 0.393 e. The highest BCUT2D eigenvalue weighted by Gasteiger charge is 2.21. The Morgan fingerprint density at radius 2 is 1.52 bits per heavy atom. The van der Waals surface area contributed by atoms with Gasteiger partial charge in [0.15, 0.2) is 11.6 Å². The van der Waals surface area contributed by atoms with E-state index < -0.39 is 0 Å². The summed E-state index contributed by atoms with van der Waals surface area (Å²) in [6.45, 7) is 5.69. The van der Waals surface area contributed by atoms with E-state index in [2.05, 4.69) is 68.4 Å². The summed E-state index contributed by atoms with van der Waals surface area (Å²) in [4.78, 5) is 13.4. The summed E-state index contributed by atoms with van der Waals surface area (Å²) in [7, 11) is 0. The third-order valence-electron chi connectivity index (χ3n) is 4.88. The molecule has 0 amide bonds. The molecule has 1 fully saturated rings. The van der Waals surface area contributed by atoms with Crippen molar-refractivity contribution in [3.63, 3.8) is 0 Å². The SMILES string of the molecule is Cc1ccc(Nc2ncnc(N3CCN(c4ccccc4)CC3)c2N)cc1. The summed E-state index contributed by atoms with van der Waals surface area (Å²) in [6, 6.07) is 18.7. The first kappa shape index (κ1) is 17.1. The third kappa shape index (κ3) is 3.79. The molecule has 138 valence electrons. The van der Waals surface area contributed by atoms with E-state index >= 15 is 0 Å². The Balaban J connectivity index is 1.47. The van der Waals surface area contributed by atoms with Crippen LogP contribution in [0.1, 0.15) is 5.56 Å². The molecule has 0 unspecified atom stereocenters. The summed E-state index contributed by atoms with van der Waals surface area (Å²) in [5.74, 6) is 1.45. The second kappa shape index (κ2) is 7.53. The Bertz CT molecular complexity index is 886. The maximum atomic E-state index is 6.39. The van der Waals surface area contributed by atoms with Crippen LogP contribution in [0.4, 0.5) is 28.7 Å². The first-order valence-electron chi connectivity index (χ1n) is 9.20. The molecular formula is C21H24N6. The zero-order valence-electron chi connectivity index (χ0n) is 15.5. The number of nitrogen functional groups attached to an aromatic ring is 1. The fourth-order valence-corrected chi connectivity index (χ4v) is 3.33. The number of nitrogens with two attached hydrogens (primary N) is 1. The summed E-state index contributed by atoms with van der Waals surface area (Å²) in [5.41, 5.74) is 10.4. The number of aromatic nitrogens is 2. The van der Waals surface area contributed by atoms with Crippen molar-refractivity contribution < 1.29 is 0 Å². The van der Waals surface area contributed by atoms with Crippen molar-refractivity contribution in [1.29, 1.82) is 0 Å². The van der Waals surface area contributed by atoms with Gasteiger partial charge < -0.3 is 20.9 Å². The van der Waals surface area contributed by atoms with Crippen LogP contribution in [0, 0.1) is 6.92 Å². The van der Waals surface area contributed by atoms with Crippen molar-refractivity contribution in [2.45, 2.75) is 6.92 Å². The molecular weight excluding hydrogens is 336 g/mol. The fraction of sp³-hybridized carbons (Fsp3) is 0.238. The van der Waals surface area contributed by atoms with Gasteiger partial charge in [-0.3, -0.25) is 0 Å². The van der Waals surface area contributed by atoms with Crippen LogP contribution in [0.25, 0.3) is 0 Å². The van der Waals surface area contributed by atoms with Gasteiger partial charge in [-0.05, 0) is 31.2 Å². The lowest BCUT2D eigenvalue weighted by Gasteiger charge is -2.37. The summed E-state index contributed by atoms with van der Waals surface area (Å²) < 4.78 is 0. The maximum Gasteiger partial charge on any atom is 0.159 e. The first-order valence-corrected chi connectivity index (χ1v) is 9.20. The summed E-state index contributed by atoms with van der Waals surface area (Å²) in [6.07, 6.45) is 1.58.